The van der Waals surface area contributed by atoms with Crippen molar-refractivity contribution in [1.29, 1.82) is 0 Å². The Balaban J connectivity index is 2.06. The van der Waals surface area contributed by atoms with Crippen molar-refractivity contribution < 1.29 is 0 Å². The minimum atomic E-state index is 0.483. The first-order valence-electron chi connectivity index (χ1n) is 6.70. The third kappa shape index (κ3) is 1.70. The van der Waals surface area contributed by atoms with Crippen LogP contribution in [0.1, 0.15) is 18.4 Å². The van der Waals surface area contributed by atoms with E-state index in [-0.39, 0.29) is 0 Å². The zero-order chi connectivity index (χ0) is 13.7. The van der Waals surface area contributed by atoms with E-state index in [4.69, 9.17) is 11.6 Å². The first kappa shape index (κ1) is 12.3. The molecular formula is C14H13ClN4S. The molecule has 20 heavy (non-hydrogen) atoms. The standard InChI is InChI=1S/C14H13ClN4S/c1-8-10-9-4-5-16-13(19-6-2-3-7-19)11(9)20-14(10)18-17-12(8)15/h4-5H,2-3,6-7H2,1H3. The molecular weight excluding hydrogens is 292 g/mol. The fourth-order valence-corrected chi connectivity index (χ4v) is 4.18. The Hall–Kier alpha value is -1.46. The Kier molecular flexibility index (Phi) is 2.79. The molecule has 4 rings (SSSR count). The highest BCUT2D eigenvalue weighted by Gasteiger charge is 2.20. The average Bonchev–Trinajstić information content (AvgIpc) is 3.09. The van der Waals surface area contributed by atoms with Crippen molar-refractivity contribution in [3.8, 4) is 0 Å². The zero-order valence-electron chi connectivity index (χ0n) is 11.1. The van der Waals surface area contributed by atoms with E-state index in [1.807, 2.05) is 13.1 Å². The van der Waals surface area contributed by atoms with Crippen LogP contribution in [0.25, 0.3) is 20.3 Å². The van der Waals surface area contributed by atoms with E-state index in [0.717, 1.165) is 34.7 Å². The first-order chi connectivity index (χ1) is 9.75. The van der Waals surface area contributed by atoms with Gasteiger partial charge in [0.1, 0.15) is 10.6 Å². The van der Waals surface area contributed by atoms with Gasteiger partial charge in [0.2, 0.25) is 0 Å². The molecule has 4 nitrogen and oxygen atoms in total. The quantitative estimate of drug-likeness (QED) is 0.686. The first-order valence-corrected chi connectivity index (χ1v) is 7.90. The van der Waals surface area contributed by atoms with E-state index < -0.39 is 0 Å². The molecule has 1 aliphatic rings. The fourth-order valence-electron chi connectivity index (χ4n) is 2.85. The Morgan fingerprint density at radius 1 is 1.25 bits per heavy atom. The van der Waals surface area contributed by atoms with Crippen LogP contribution in [0, 0.1) is 6.92 Å². The lowest BCUT2D eigenvalue weighted by Crippen LogP contribution is -2.18. The van der Waals surface area contributed by atoms with Gasteiger partial charge < -0.3 is 4.90 Å². The summed E-state index contributed by atoms with van der Waals surface area (Å²) in [5.74, 6) is 1.08. The third-order valence-electron chi connectivity index (χ3n) is 3.89. The lowest BCUT2D eigenvalue weighted by atomic mass is 10.1. The van der Waals surface area contributed by atoms with Crippen LogP contribution in [0.15, 0.2) is 12.3 Å². The van der Waals surface area contributed by atoms with Crippen LogP contribution in [0.3, 0.4) is 0 Å². The molecule has 1 aliphatic heterocycles. The van der Waals surface area contributed by atoms with Gasteiger partial charge in [0.05, 0.1) is 4.70 Å². The Bertz CT molecular complexity index is 808. The Morgan fingerprint density at radius 3 is 2.85 bits per heavy atom. The summed E-state index contributed by atoms with van der Waals surface area (Å²) in [5, 5.41) is 11.1. The number of pyridine rings is 1. The lowest BCUT2D eigenvalue weighted by Gasteiger charge is -2.16. The maximum atomic E-state index is 6.12. The zero-order valence-corrected chi connectivity index (χ0v) is 12.6. The van der Waals surface area contributed by atoms with E-state index in [9.17, 15) is 0 Å². The lowest BCUT2D eigenvalue weighted by molar-refractivity contribution is 0.947. The molecule has 0 N–H and O–H groups in total. The van der Waals surface area contributed by atoms with Gasteiger partial charge in [-0.3, -0.25) is 0 Å². The van der Waals surface area contributed by atoms with E-state index >= 15 is 0 Å². The maximum Gasteiger partial charge on any atom is 0.155 e. The second-order valence-corrected chi connectivity index (χ2v) is 6.46. The van der Waals surface area contributed by atoms with Crippen molar-refractivity contribution in [2.45, 2.75) is 19.8 Å². The number of thiophene rings is 1. The molecule has 4 heterocycles. The molecule has 0 saturated carbocycles. The molecule has 0 spiro atoms. The fraction of sp³-hybridized carbons (Fsp3) is 0.357. The highest BCUT2D eigenvalue weighted by molar-refractivity contribution is 7.26. The summed E-state index contributed by atoms with van der Waals surface area (Å²) in [5.41, 5.74) is 1.00. The largest absolute Gasteiger partial charge is 0.355 e. The number of hydrogen-bond acceptors (Lipinski definition) is 5. The maximum absolute atomic E-state index is 6.12. The second kappa shape index (κ2) is 4.53. The van der Waals surface area contributed by atoms with Gasteiger partial charge in [0, 0.05) is 30.1 Å². The summed E-state index contributed by atoms with van der Waals surface area (Å²) in [7, 11) is 0. The molecule has 0 aliphatic carbocycles. The Labute approximate surface area is 125 Å². The number of aryl methyl sites for hydroxylation is 1. The minimum absolute atomic E-state index is 0.483. The number of aromatic nitrogens is 3. The number of rotatable bonds is 1. The Morgan fingerprint density at radius 2 is 2.05 bits per heavy atom. The summed E-state index contributed by atoms with van der Waals surface area (Å²) in [4.78, 5) is 7.89. The average molecular weight is 305 g/mol. The van der Waals surface area contributed by atoms with Gasteiger partial charge >= 0.3 is 0 Å². The number of fused-ring (bicyclic) bond motifs is 3. The number of nitrogens with zero attached hydrogens (tertiary/aromatic N) is 4. The number of halogens is 1. The molecule has 6 heteroatoms. The second-order valence-electron chi connectivity index (χ2n) is 5.10. The molecule has 0 unspecified atom stereocenters. The summed E-state index contributed by atoms with van der Waals surface area (Å²) < 4.78 is 1.20. The van der Waals surface area contributed by atoms with Crippen LogP contribution >= 0.6 is 22.9 Å². The molecule has 0 amide bonds. The normalized spacial score (nSPS) is 15.6. The molecule has 102 valence electrons. The topological polar surface area (TPSA) is 41.9 Å². The van der Waals surface area contributed by atoms with Crippen molar-refractivity contribution >= 4 is 49.1 Å². The molecule has 0 bridgehead atoms. The van der Waals surface area contributed by atoms with Crippen molar-refractivity contribution in [2.24, 2.45) is 0 Å². The van der Waals surface area contributed by atoms with Crippen LogP contribution < -0.4 is 4.90 Å². The highest BCUT2D eigenvalue weighted by atomic mass is 35.5. The molecule has 3 aromatic rings. The number of hydrogen-bond donors (Lipinski definition) is 0. The van der Waals surface area contributed by atoms with Gasteiger partial charge in [-0.1, -0.05) is 11.6 Å². The van der Waals surface area contributed by atoms with E-state index in [2.05, 4.69) is 26.1 Å². The molecule has 1 saturated heterocycles. The van der Waals surface area contributed by atoms with Gasteiger partial charge in [-0.25, -0.2) is 4.98 Å². The van der Waals surface area contributed by atoms with Crippen LogP contribution in [-0.4, -0.2) is 28.3 Å². The highest BCUT2D eigenvalue weighted by Crippen LogP contribution is 2.40. The third-order valence-corrected chi connectivity index (χ3v) is 5.33. The van der Waals surface area contributed by atoms with E-state index in [1.54, 1.807) is 11.3 Å². The predicted molar refractivity (Wildman–Crippen MR) is 83.9 cm³/mol. The van der Waals surface area contributed by atoms with E-state index in [0.29, 0.717) is 5.15 Å². The van der Waals surface area contributed by atoms with Crippen LogP contribution in [0.4, 0.5) is 5.82 Å². The monoisotopic (exact) mass is 304 g/mol. The summed E-state index contributed by atoms with van der Waals surface area (Å²) in [6, 6.07) is 2.05. The molecule has 0 atom stereocenters. The van der Waals surface area contributed by atoms with E-state index in [1.165, 1.54) is 22.9 Å². The molecule has 0 aromatic carbocycles. The van der Waals surface area contributed by atoms with Gasteiger partial charge in [0.25, 0.3) is 0 Å². The minimum Gasteiger partial charge on any atom is -0.355 e. The summed E-state index contributed by atoms with van der Waals surface area (Å²) in [6.07, 6.45) is 4.37. The smallest absolute Gasteiger partial charge is 0.155 e. The summed E-state index contributed by atoms with van der Waals surface area (Å²) >= 11 is 7.78. The SMILES string of the molecule is Cc1c(Cl)nnc2sc3c(N4CCCC4)nccc3c12. The van der Waals surface area contributed by atoms with Crippen LogP contribution in [-0.2, 0) is 0 Å². The number of anilines is 1. The van der Waals surface area contributed by atoms with Crippen molar-refractivity contribution in [3.63, 3.8) is 0 Å². The summed E-state index contributed by atoms with van der Waals surface area (Å²) in [6.45, 7) is 4.18. The van der Waals surface area contributed by atoms with Gasteiger partial charge in [-0.2, -0.15) is 0 Å². The predicted octanol–water partition coefficient (Wildman–Crippen LogP) is 3.80. The van der Waals surface area contributed by atoms with Crippen LogP contribution in [0.2, 0.25) is 5.15 Å². The van der Waals surface area contributed by atoms with Crippen molar-refractivity contribution in [2.75, 3.05) is 18.0 Å². The van der Waals surface area contributed by atoms with Crippen LogP contribution in [0.5, 0.6) is 0 Å². The molecule has 3 aromatic heterocycles. The van der Waals surface area contributed by atoms with Gasteiger partial charge in [-0.15, -0.1) is 21.5 Å². The van der Waals surface area contributed by atoms with Gasteiger partial charge in [-0.05, 0) is 31.4 Å². The molecule has 1 fully saturated rings. The van der Waals surface area contributed by atoms with Crippen molar-refractivity contribution in [1.82, 2.24) is 15.2 Å². The molecule has 0 radical (unpaired) electrons. The van der Waals surface area contributed by atoms with Crippen molar-refractivity contribution in [3.05, 3.63) is 23.0 Å². The van der Waals surface area contributed by atoms with Gasteiger partial charge in [0.15, 0.2) is 5.15 Å².